The number of amides is 1. The standard InChI is InChI=1S/C24H29ClN2O3/c1-24(29)12-13-27(15-22(24)30-19-9-5-8-18(25)14-19)16-23(28)26-21-11-4-7-17-6-2-3-10-20(17)21/h4-5,7-9,11,14,22,29H,2-3,6,10,12-13,15-16H2,1H3,(H,26,28)/t22-,24-/m0/s1. The van der Waals surface area contributed by atoms with E-state index in [0.717, 1.165) is 18.5 Å². The van der Waals surface area contributed by atoms with Gasteiger partial charge in [0.05, 0.1) is 6.54 Å². The number of carbonyl (C=O) groups excluding carboxylic acids is 1. The van der Waals surface area contributed by atoms with E-state index in [0.29, 0.717) is 30.3 Å². The van der Waals surface area contributed by atoms with Crippen LogP contribution in [0.15, 0.2) is 42.5 Å². The summed E-state index contributed by atoms with van der Waals surface area (Å²) in [6.07, 6.45) is 4.58. The molecule has 0 radical (unpaired) electrons. The molecule has 30 heavy (non-hydrogen) atoms. The average molecular weight is 429 g/mol. The number of ether oxygens (including phenoxy) is 1. The second-order valence-electron chi connectivity index (χ2n) is 8.60. The molecule has 0 spiro atoms. The number of nitrogens with one attached hydrogen (secondary N) is 1. The van der Waals surface area contributed by atoms with Crippen molar-refractivity contribution in [1.29, 1.82) is 0 Å². The largest absolute Gasteiger partial charge is 0.486 e. The molecule has 1 heterocycles. The van der Waals surface area contributed by atoms with Crippen LogP contribution in [-0.2, 0) is 17.6 Å². The molecule has 1 aliphatic carbocycles. The van der Waals surface area contributed by atoms with E-state index in [1.807, 2.05) is 29.2 Å². The van der Waals surface area contributed by atoms with E-state index in [1.54, 1.807) is 19.1 Å². The Balaban J connectivity index is 1.39. The van der Waals surface area contributed by atoms with Crippen molar-refractivity contribution < 1.29 is 14.6 Å². The summed E-state index contributed by atoms with van der Waals surface area (Å²) in [5.74, 6) is 0.590. The van der Waals surface area contributed by atoms with Crippen molar-refractivity contribution in [3.8, 4) is 5.75 Å². The Labute approximate surface area is 183 Å². The van der Waals surface area contributed by atoms with Crippen molar-refractivity contribution in [3.05, 3.63) is 58.6 Å². The first-order valence-corrected chi connectivity index (χ1v) is 11.1. The third kappa shape index (κ3) is 4.97. The van der Waals surface area contributed by atoms with Crippen LogP contribution in [0.3, 0.4) is 0 Å². The number of nitrogens with zero attached hydrogens (tertiary/aromatic N) is 1. The average Bonchev–Trinajstić information content (AvgIpc) is 2.71. The van der Waals surface area contributed by atoms with Gasteiger partial charge < -0.3 is 15.2 Å². The molecule has 2 aromatic rings. The van der Waals surface area contributed by atoms with E-state index in [-0.39, 0.29) is 12.5 Å². The maximum atomic E-state index is 12.8. The monoisotopic (exact) mass is 428 g/mol. The Morgan fingerprint density at radius 2 is 2.07 bits per heavy atom. The molecule has 0 bridgehead atoms. The number of anilines is 1. The first-order chi connectivity index (χ1) is 14.4. The number of rotatable bonds is 5. The first-order valence-electron chi connectivity index (χ1n) is 10.7. The highest BCUT2D eigenvalue weighted by Crippen LogP contribution is 2.29. The minimum atomic E-state index is -0.964. The fourth-order valence-corrected chi connectivity index (χ4v) is 4.55. The topological polar surface area (TPSA) is 61.8 Å². The fourth-order valence-electron chi connectivity index (χ4n) is 4.37. The van der Waals surface area contributed by atoms with Gasteiger partial charge in [-0.05, 0) is 74.4 Å². The number of hydrogen-bond acceptors (Lipinski definition) is 4. The smallest absolute Gasteiger partial charge is 0.238 e. The Morgan fingerprint density at radius 1 is 1.27 bits per heavy atom. The predicted molar refractivity (Wildman–Crippen MR) is 119 cm³/mol. The molecule has 0 aromatic heterocycles. The molecule has 4 rings (SSSR count). The van der Waals surface area contributed by atoms with Gasteiger partial charge in [-0.1, -0.05) is 29.8 Å². The molecule has 2 N–H and O–H groups in total. The van der Waals surface area contributed by atoms with E-state index >= 15 is 0 Å². The van der Waals surface area contributed by atoms with Gasteiger partial charge in [0.2, 0.25) is 5.91 Å². The molecule has 1 amide bonds. The SMILES string of the molecule is C[C@]1(O)CCN(CC(=O)Nc2cccc3c2CCCC3)C[C@@H]1Oc1cccc(Cl)c1. The highest BCUT2D eigenvalue weighted by molar-refractivity contribution is 6.30. The number of hydrogen-bond donors (Lipinski definition) is 2. The lowest BCUT2D eigenvalue weighted by atomic mass is 9.90. The van der Waals surface area contributed by atoms with Crippen LogP contribution >= 0.6 is 11.6 Å². The molecule has 0 unspecified atom stereocenters. The number of benzene rings is 2. The summed E-state index contributed by atoms with van der Waals surface area (Å²) in [4.78, 5) is 14.8. The second kappa shape index (κ2) is 8.96. The molecule has 1 aliphatic heterocycles. The zero-order chi connectivity index (χ0) is 21.1. The van der Waals surface area contributed by atoms with E-state index < -0.39 is 11.7 Å². The number of halogens is 1. The van der Waals surface area contributed by atoms with E-state index in [1.165, 1.54) is 24.0 Å². The minimum Gasteiger partial charge on any atom is -0.486 e. The van der Waals surface area contributed by atoms with E-state index in [4.69, 9.17) is 16.3 Å². The Morgan fingerprint density at radius 3 is 2.90 bits per heavy atom. The van der Waals surface area contributed by atoms with Crippen molar-refractivity contribution >= 4 is 23.2 Å². The lowest BCUT2D eigenvalue weighted by molar-refractivity contribution is -0.122. The van der Waals surface area contributed by atoms with Crippen molar-refractivity contribution in [2.45, 2.75) is 50.7 Å². The van der Waals surface area contributed by atoms with Gasteiger partial charge >= 0.3 is 0 Å². The molecule has 1 saturated heterocycles. The third-order valence-electron chi connectivity index (χ3n) is 6.16. The van der Waals surface area contributed by atoms with Gasteiger partial charge in [0, 0.05) is 23.8 Å². The maximum Gasteiger partial charge on any atom is 0.238 e. The van der Waals surface area contributed by atoms with Crippen molar-refractivity contribution in [2.24, 2.45) is 0 Å². The predicted octanol–water partition coefficient (Wildman–Crippen LogP) is 4.06. The third-order valence-corrected chi connectivity index (χ3v) is 6.40. The van der Waals surface area contributed by atoms with Gasteiger partial charge in [-0.15, -0.1) is 0 Å². The lowest BCUT2D eigenvalue weighted by Crippen LogP contribution is -2.57. The van der Waals surface area contributed by atoms with E-state index in [9.17, 15) is 9.90 Å². The maximum absolute atomic E-state index is 12.8. The molecular weight excluding hydrogens is 400 g/mol. The van der Waals surface area contributed by atoms with Gasteiger partial charge in [0.25, 0.3) is 0 Å². The summed E-state index contributed by atoms with van der Waals surface area (Å²) in [5.41, 5.74) is 2.60. The fraction of sp³-hybridized carbons (Fsp3) is 0.458. The highest BCUT2D eigenvalue weighted by atomic mass is 35.5. The normalized spacial score (nSPS) is 24.2. The molecule has 2 aromatic carbocycles. The lowest BCUT2D eigenvalue weighted by Gasteiger charge is -2.42. The number of fused-ring (bicyclic) bond motifs is 1. The van der Waals surface area contributed by atoms with Crippen LogP contribution in [0.5, 0.6) is 5.75 Å². The molecule has 5 nitrogen and oxygen atoms in total. The summed E-state index contributed by atoms with van der Waals surface area (Å²) in [6, 6.07) is 13.3. The van der Waals surface area contributed by atoms with Gasteiger partial charge in [-0.3, -0.25) is 9.69 Å². The number of piperidine rings is 1. The van der Waals surface area contributed by atoms with Crippen LogP contribution in [0.2, 0.25) is 5.02 Å². The number of likely N-dealkylation sites (tertiary alicyclic amines) is 1. The summed E-state index contributed by atoms with van der Waals surface area (Å²) < 4.78 is 6.05. The van der Waals surface area contributed by atoms with Crippen LogP contribution in [0.1, 0.15) is 37.3 Å². The number of aryl methyl sites for hydroxylation is 1. The van der Waals surface area contributed by atoms with Gasteiger partial charge in [0.1, 0.15) is 17.5 Å². The van der Waals surface area contributed by atoms with Crippen LogP contribution in [0.4, 0.5) is 5.69 Å². The number of aliphatic hydroxyl groups is 1. The summed E-state index contributed by atoms with van der Waals surface area (Å²) in [7, 11) is 0. The summed E-state index contributed by atoms with van der Waals surface area (Å²) in [5, 5.41) is 14.5. The minimum absolute atomic E-state index is 0.0305. The molecule has 2 atom stereocenters. The molecule has 2 aliphatic rings. The van der Waals surface area contributed by atoms with Gasteiger partial charge in [-0.2, -0.15) is 0 Å². The van der Waals surface area contributed by atoms with Crippen LogP contribution in [0.25, 0.3) is 0 Å². The van der Waals surface area contributed by atoms with E-state index in [2.05, 4.69) is 11.4 Å². The molecule has 6 heteroatoms. The van der Waals surface area contributed by atoms with Crippen LogP contribution in [0, 0.1) is 0 Å². The quantitative estimate of drug-likeness (QED) is 0.753. The first kappa shape index (κ1) is 21.2. The van der Waals surface area contributed by atoms with Crippen LogP contribution in [-0.4, -0.2) is 47.3 Å². The zero-order valence-electron chi connectivity index (χ0n) is 17.4. The Bertz CT molecular complexity index is 915. The van der Waals surface area contributed by atoms with Gasteiger partial charge in [-0.25, -0.2) is 0 Å². The molecular formula is C24H29ClN2O3. The molecule has 160 valence electrons. The van der Waals surface area contributed by atoms with Crippen molar-refractivity contribution in [3.63, 3.8) is 0 Å². The van der Waals surface area contributed by atoms with Gasteiger partial charge in [0.15, 0.2) is 0 Å². The second-order valence-corrected chi connectivity index (χ2v) is 9.04. The zero-order valence-corrected chi connectivity index (χ0v) is 18.1. The Kier molecular flexibility index (Phi) is 6.32. The molecule has 1 fully saturated rings. The van der Waals surface area contributed by atoms with Crippen molar-refractivity contribution in [1.82, 2.24) is 4.90 Å². The summed E-state index contributed by atoms with van der Waals surface area (Å²) in [6.45, 7) is 3.17. The van der Waals surface area contributed by atoms with Crippen LogP contribution < -0.4 is 10.1 Å². The molecule has 0 saturated carbocycles. The summed E-state index contributed by atoms with van der Waals surface area (Å²) >= 11 is 6.05. The number of carbonyl (C=O) groups is 1. The van der Waals surface area contributed by atoms with Crippen molar-refractivity contribution in [2.75, 3.05) is 25.0 Å². The Hall–Kier alpha value is -2.08. The highest BCUT2D eigenvalue weighted by Gasteiger charge is 2.39.